The number of nitrogens with zero attached hydrogens (tertiary/aromatic N) is 1. The lowest BCUT2D eigenvalue weighted by Crippen LogP contribution is -2.29. The second-order valence-electron chi connectivity index (χ2n) is 4.82. The first-order chi connectivity index (χ1) is 10.9. The largest absolute Gasteiger partial charge is 0.505 e. The quantitative estimate of drug-likeness (QED) is 0.711. The number of aromatic hydroxyl groups is 1. The number of pyridine rings is 1. The molecule has 0 saturated heterocycles. The topological polar surface area (TPSA) is 99.5 Å². The van der Waals surface area contributed by atoms with Crippen molar-refractivity contribution >= 4 is 31.3 Å². The smallest absolute Gasteiger partial charge is 0.322 e. The van der Waals surface area contributed by atoms with Crippen LogP contribution in [-0.4, -0.2) is 41.5 Å². The number of aliphatic carboxylic acids is 1. The van der Waals surface area contributed by atoms with Gasteiger partial charge in [-0.05, 0) is 29.3 Å². The first kappa shape index (κ1) is 16.8. The van der Waals surface area contributed by atoms with Gasteiger partial charge in [-0.3, -0.25) is 9.59 Å². The highest BCUT2D eigenvalue weighted by molar-refractivity contribution is 6.31. The van der Waals surface area contributed by atoms with Gasteiger partial charge in [0.05, 0.1) is 0 Å². The van der Waals surface area contributed by atoms with Gasteiger partial charge in [0.1, 0.15) is 20.1 Å². The van der Waals surface area contributed by atoms with E-state index in [1.165, 1.54) is 12.3 Å². The van der Waals surface area contributed by atoms with Gasteiger partial charge in [-0.1, -0.05) is 24.0 Å². The number of hydrogen-bond acceptors (Lipinski definition) is 4. The Morgan fingerprint density at radius 3 is 2.65 bits per heavy atom. The lowest BCUT2D eigenvalue weighted by atomic mass is 9.90. The van der Waals surface area contributed by atoms with Crippen molar-refractivity contribution < 1.29 is 19.8 Å². The van der Waals surface area contributed by atoms with E-state index < -0.39 is 18.4 Å². The summed E-state index contributed by atoms with van der Waals surface area (Å²) >= 11 is 6.01. The van der Waals surface area contributed by atoms with E-state index in [4.69, 9.17) is 16.7 Å². The minimum absolute atomic E-state index is 0.227. The molecule has 2 rings (SSSR count). The SMILES string of the molecule is BCc1ccc(Cl)cc1-c1cnc(C(=O)NCC(=O)O)c(O)c1. The third kappa shape index (κ3) is 4.01. The number of carbonyl (C=O) groups is 2. The van der Waals surface area contributed by atoms with Crippen LogP contribution in [0.15, 0.2) is 30.5 Å². The van der Waals surface area contributed by atoms with Crippen LogP contribution in [0.5, 0.6) is 5.75 Å². The molecule has 2 aromatic rings. The van der Waals surface area contributed by atoms with Gasteiger partial charge in [0.15, 0.2) is 5.69 Å². The number of carboxylic acids is 1. The minimum atomic E-state index is -1.18. The Hall–Kier alpha value is -2.54. The Kier molecular flexibility index (Phi) is 5.23. The zero-order valence-electron chi connectivity index (χ0n) is 12.3. The van der Waals surface area contributed by atoms with Crippen molar-refractivity contribution in [3.8, 4) is 16.9 Å². The van der Waals surface area contributed by atoms with Crippen LogP contribution in [0.4, 0.5) is 0 Å². The minimum Gasteiger partial charge on any atom is -0.505 e. The zero-order valence-corrected chi connectivity index (χ0v) is 13.1. The van der Waals surface area contributed by atoms with Crippen molar-refractivity contribution in [1.29, 1.82) is 0 Å². The number of nitrogens with one attached hydrogen (secondary N) is 1. The van der Waals surface area contributed by atoms with Crippen molar-refractivity contribution in [3.05, 3.63) is 46.7 Å². The van der Waals surface area contributed by atoms with Gasteiger partial charge in [-0.15, -0.1) is 0 Å². The van der Waals surface area contributed by atoms with Gasteiger partial charge < -0.3 is 15.5 Å². The van der Waals surface area contributed by atoms with Crippen molar-refractivity contribution in [2.75, 3.05) is 6.54 Å². The first-order valence-electron chi connectivity index (χ1n) is 6.90. The summed E-state index contributed by atoms with van der Waals surface area (Å²) in [6.45, 7) is -0.546. The fourth-order valence-electron chi connectivity index (χ4n) is 2.14. The first-order valence-corrected chi connectivity index (χ1v) is 7.28. The van der Waals surface area contributed by atoms with Crippen LogP contribution < -0.4 is 5.32 Å². The summed E-state index contributed by atoms with van der Waals surface area (Å²) in [7, 11) is 1.99. The molecule has 8 heteroatoms. The van der Waals surface area contributed by atoms with Gasteiger partial charge in [0.2, 0.25) is 0 Å². The summed E-state index contributed by atoms with van der Waals surface area (Å²) in [6, 6.07) is 6.85. The maximum absolute atomic E-state index is 11.8. The maximum atomic E-state index is 11.8. The average Bonchev–Trinajstić information content (AvgIpc) is 2.52. The van der Waals surface area contributed by atoms with Crippen molar-refractivity contribution in [2.24, 2.45) is 0 Å². The number of halogens is 1. The van der Waals surface area contributed by atoms with E-state index >= 15 is 0 Å². The summed E-state index contributed by atoms with van der Waals surface area (Å²) in [5, 5.41) is 21.3. The average molecular weight is 333 g/mol. The Balaban J connectivity index is 2.34. The second-order valence-corrected chi connectivity index (χ2v) is 5.26. The highest BCUT2D eigenvalue weighted by Crippen LogP contribution is 2.29. The Bertz CT molecular complexity index is 767. The van der Waals surface area contributed by atoms with Gasteiger partial charge in [0, 0.05) is 16.8 Å². The van der Waals surface area contributed by atoms with Crippen molar-refractivity contribution in [3.63, 3.8) is 0 Å². The molecule has 0 atom stereocenters. The molecule has 1 aromatic carbocycles. The number of carbonyl (C=O) groups excluding carboxylic acids is 1. The zero-order chi connectivity index (χ0) is 17.0. The molecule has 0 saturated carbocycles. The molecule has 1 amide bonds. The molecular formula is C15H14BClN2O4. The molecule has 1 heterocycles. The summed E-state index contributed by atoms with van der Waals surface area (Å²) in [5.41, 5.74) is 2.24. The Morgan fingerprint density at radius 1 is 1.30 bits per heavy atom. The number of benzene rings is 1. The van der Waals surface area contributed by atoms with Crippen LogP contribution in [0.25, 0.3) is 11.1 Å². The molecule has 0 radical (unpaired) electrons. The third-order valence-corrected chi connectivity index (χ3v) is 3.48. The standard InChI is InChI=1S/C15H14BClN2O4/c16-5-8-1-2-10(17)4-11(8)9-3-12(20)14(18-6-9)15(23)19-7-13(21)22/h1-4,6,20H,5,7,16H2,(H,19,23)(H,21,22). The van der Waals surface area contributed by atoms with E-state index in [0.717, 1.165) is 17.4 Å². The molecule has 23 heavy (non-hydrogen) atoms. The Morgan fingerprint density at radius 2 is 2.04 bits per heavy atom. The lowest BCUT2D eigenvalue weighted by molar-refractivity contribution is -0.135. The molecule has 0 spiro atoms. The van der Waals surface area contributed by atoms with Crippen molar-refractivity contribution in [2.45, 2.75) is 6.32 Å². The van der Waals surface area contributed by atoms with Gasteiger partial charge in [-0.2, -0.15) is 0 Å². The lowest BCUT2D eigenvalue weighted by Gasteiger charge is -2.10. The fraction of sp³-hybridized carbons (Fsp3) is 0.133. The molecular weight excluding hydrogens is 318 g/mol. The normalized spacial score (nSPS) is 10.3. The summed E-state index contributed by atoms with van der Waals surface area (Å²) < 4.78 is 0. The van der Waals surface area contributed by atoms with E-state index in [9.17, 15) is 14.7 Å². The number of rotatable bonds is 5. The summed E-state index contributed by atoms with van der Waals surface area (Å²) in [4.78, 5) is 26.2. The van der Waals surface area contributed by atoms with Crippen LogP contribution in [0.2, 0.25) is 5.02 Å². The number of hydrogen-bond donors (Lipinski definition) is 3. The van der Waals surface area contributed by atoms with E-state index in [1.54, 1.807) is 12.1 Å². The van der Waals surface area contributed by atoms with Gasteiger partial charge >= 0.3 is 5.97 Å². The predicted octanol–water partition coefficient (Wildman–Crippen LogP) is 1.06. The van der Waals surface area contributed by atoms with Crippen LogP contribution in [0, 0.1) is 0 Å². The van der Waals surface area contributed by atoms with Gasteiger partial charge in [0.25, 0.3) is 5.91 Å². The number of aromatic nitrogens is 1. The molecule has 0 aliphatic heterocycles. The van der Waals surface area contributed by atoms with E-state index in [0.29, 0.717) is 10.6 Å². The summed E-state index contributed by atoms with van der Waals surface area (Å²) in [5.74, 6) is -2.26. The Labute approximate surface area is 138 Å². The maximum Gasteiger partial charge on any atom is 0.322 e. The van der Waals surface area contributed by atoms with Crippen LogP contribution in [0.1, 0.15) is 16.1 Å². The molecule has 3 N–H and O–H groups in total. The number of amides is 1. The molecule has 0 aliphatic carbocycles. The van der Waals surface area contributed by atoms with E-state index in [2.05, 4.69) is 10.3 Å². The second kappa shape index (κ2) is 7.15. The van der Waals surface area contributed by atoms with Gasteiger partial charge in [-0.25, -0.2) is 4.98 Å². The molecule has 0 unspecified atom stereocenters. The molecule has 0 fully saturated rings. The van der Waals surface area contributed by atoms with Crippen molar-refractivity contribution in [1.82, 2.24) is 10.3 Å². The molecule has 0 aliphatic rings. The van der Waals surface area contributed by atoms with E-state index in [-0.39, 0.29) is 11.4 Å². The monoisotopic (exact) mass is 332 g/mol. The summed E-state index contributed by atoms with van der Waals surface area (Å²) in [6.07, 6.45) is 2.22. The molecule has 6 nitrogen and oxygen atoms in total. The molecule has 1 aromatic heterocycles. The number of carboxylic acid groups (broad SMARTS) is 1. The highest BCUT2D eigenvalue weighted by atomic mass is 35.5. The van der Waals surface area contributed by atoms with Crippen LogP contribution in [0.3, 0.4) is 0 Å². The van der Waals surface area contributed by atoms with Crippen LogP contribution in [-0.2, 0) is 11.1 Å². The fourth-order valence-corrected chi connectivity index (χ4v) is 2.31. The van der Waals surface area contributed by atoms with E-state index in [1.807, 2.05) is 13.9 Å². The molecule has 0 bridgehead atoms. The third-order valence-electron chi connectivity index (χ3n) is 3.25. The highest BCUT2D eigenvalue weighted by Gasteiger charge is 2.15. The predicted molar refractivity (Wildman–Crippen MR) is 88.6 cm³/mol. The van der Waals surface area contributed by atoms with Crippen LogP contribution >= 0.6 is 11.6 Å². The molecule has 118 valence electrons.